The lowest BCUT2D eigenvalue weighted by molar-refractivity contribution is -0.139. The Morgan fingerprint density at radius 2 is 2.00 bits per heavy atom. The maximum atomic E-state index is 12.4. The first-order valence-electron chi connectivity index (χ1n) is 7.10. The number of hydrogen-bond acceptors (Lipinski definition) is 4. The zero-order valence-corrected chi connectivity index (χ0v) is 12.6. The summed E-state index contributed by atoms with van der Waals surface area (Å²) in [7, 11) is 0. The zero-order valence-electron chi connectivity index (χ0n) is 12.6. The molecule has 2 amide bonds. The molecule has 5 nitrogen and oxygen atoms in total. The normalized spacial score (nSPS) is 19.5. The lowest BCUT2D eigenvalue weighted by Crippen LogP contribution is -2.58. The van der Waals surface area contributed by atoms with Crippen LogP contribution in [0.15, 0.2) is 18.2 Å². The minimum absolute atomic E-state index is 0.0703. The number of carbonyl (C=O) groups is 3. The topological polar surface area (TPSA) is 66.5 Å². The highest BCUT2D eigenvalue weighted by Gasteiger charge is 2.33. The van der Waals surface area contributed by atoms with Crippen molar-refractivity contribution in [2.24, 2.45) is 0 Å². The number of ketones is 1. The number of carbonyl (C=O) groups excluding carboxylic acids is 3. The molecule has 0 saturated carbocycles. The van der Waals surface area contributed by atoms with E-state index in [0.717, 1.165) is 11.1 Å². The molecule has 1 N–H and O–H groups in total. The maximum Gasteiger partial charge on any atom is 0.243 e. The molecule has 1 fully saturated rings. The number of imide groups is 1. The minimum atomic E-state index is -0.418. The molecular weight excluding hydrogens is 268 g/mol. The second-order valence-corrected chi connectivity index (χ2v) is 5.46. The summed E-state index contributed by atoms with van der Waals surface area (Å²) in [6.07, 6.45) is 0.569. The monoisotopic (exact) mass is 288 g/mol. The maximum absolute atomic E-state index is 12.4. The number of nitrogens with one attached hydrogen (secondary N) is 1. The van der Waals surface area contributed by atoms with Gasteiger partial charge in [0.15, 0.2) is 5.78 Å². The molecule has 0 spiro atoms. The van der Waals surface area contributed by atoms with Gasteiger partial charge in [-0.1, -0.05) is 19.1 Å². The van der Waals surface area contributed by atoms with Gasteiger partial charge in [-0.05, 0) is 37.5 Å². The molecule has 0 radical (unpaired) electrons. The highest BCUT2D eigenvalue weighted by molar-refractivity contribution is 6.03. The molecule has 1 aliphatic rings. The predicted molar refractivity (Wildman–Crippen MR) is 79.0 cm³/mol. The summed E-state index contributed by atoms with van der Waals surface area (Å²) in [6, 6.07) is 5.13. The van der Waals surface area contributed by atoms with E-state index in [1.54, 1.807) is 11.0 Å². The van der Waals surface area contributed by atoms with Crippen molar-refractivity contribution >= 4 is 17.6 Å². The Bertz CT molecular complexity index is 595. The quantitative estimate of drug-likeness (QED) is 0.668. The van der Waals surface area contributed by atoms with Crippen LogP contribution in [-0.2, 0) is 9.59 Å². The molecule has 1 saturated heterocycles. The van der Waals surface area contributed by atoms with E-state index in [2.05, 4.69) is 5.32 Å². The van der Waals surface area contributed by atoms with Gasteiger partial charge in [0.1, 0.15) is 0 Å². The molecule has 0 aromatic heterocycles. The Kier molecular flexibility index (Phi) is 4.53. The summed E-state index contributed by atoms with van der Waals surface area (Å²) < 4.78 is 0. The molecule has 1 unspecified atom stereocenters. The van der Waals surface area contributed by atoms with Gasteiger partial charge in [0.05, 0.1) is 19.1 Å². The smallest absolute Gasteiger partial charge is 0.243 e. The Morgan fingerprint density at radius 3 is 2.62 bits per heavy atom. The van der Waals surface area contributed by atoms with Gasteiger partial charge in [0.25, 0.3) is 0 Å². The third-order valence-corrected chi connectivity index (χ3v) is 3.92. The zero-order chi connectivity index (χ0) is 15.6. The molecule has 5 heteroatoms. The molecule has 1 heterocycles. The van der Waals surface area contributed by atoms with Gasteiger partial charge in [-0.15, -0.1) is 0 Å². The lowest BCUT2D eigenvalue weighted by atomic mass is 10.0. The Balaban J connectivity index is 2.15. The van der Waals surface area contributed by atoms with Gasteiger partial charge in [-0.3, -0.25) is 24.6 Å². The largest absolute Gasteiger partial charge is 0.294 e. The summed E-state index contributed by atoms with van der Waals surface area (Å²) in [5.41, 5.74) is 2.80. The van der Waals surface area contributed by atoms with E-state index in [1.165, 1.54) is 0 Å². The number of piperazine rings is 1. The van der Waals surface area contributed by atoms with Crippen LogP contribution in [0.5, 0.6) is 0 Å². The Labute approximate surface area is 124 Å². The summed E-state index contributed by atoms with van der Waals surface area (Å²) in [5, 5.41) is 2.31. The SMILES string of the molecule is CCC1C(=O)NC(=O)CN1CC(=O)c1ccc(C)c(C)c1. The van der Waals surface area contributed by atoms with E-state index in [0.29, 0.717) is 12.0 Å². The van der Waals surface area contributed by atoms with E-state index >= 15 is 0 Å². The van der Waals surface area contributed by atoms with Crippen LogP contribution in [-0.4, -0.2) is 41.6 Å². The summed E-state index contributed by atoms with van der Waals surface area (Å²) in [4.78, 5) is 37.3. The fourth-order valence-electron chi connectivity index (χ4n) is 2.52. The predicted octanol–water partition coefficient (Wildman–Crippen LogP) is 1.22. The average Bonchev–Trinajstić information content (AvgIpc) is 2.41. The van der Waals surface area contributed by atoms with E-state index in [-0.39, 0.29) is 30.7 Å². The van der Waals surface area contributed by atoms with E-state index in [4.69, 9.17) is 0 Å². The standard InChI is InChI=1S/C16H20N2O3/c1-4-13-16(21)17-15(20)9-18(13)8-14(19)12-6-5-10(2)11(3)7-12/h5-7,13H,4,8-9H2,1-3H3,(H,17,20,21). The van der Waals surface area contributed by atoms with Crippen LogP contribution in [0, 0.1) is 13.8 Å². The average molecular weight is 288 g/mol. The molecule has 112 valence electrons. The van der Waals surface area contributed by atoms with Crippen molar-refractivity contribution in [2.45, 2.75) is 33.2 Å². The molecule has 1 aromatic carbocycles. The first kappa shape index (κ1) is 15.4. The molecule has 1 aromatic rings. The molecule has 1 atom stereocenters. The van der Waals surface area contributed by atoms with Crippen molar-refractivity contribution < 1.29 is 14.4 Å². The molecule has 0 aliphatic carbocycles. The van der Waals surface area contributed by atoms with Crippen LogP contribution in [0.2, 0.25) is 0 Å². The minimum Gasteiger partial charge on any atom is -0.294 e. The summed E-state index contributed by atoms with van der Waals surface area (Å²) in [6.45, 7) is 5.98. The van der Waals surface area contributed by atoms with Gasteiger partial charge >= 0.3 is 0 Å². The third-order valence-electron chi connectivity index (χ3n) is 3.92. The van der Waals surface area contributed by atoms with E-state index in [1.807, 2.05) is 32.9 Å². The van der Waals surface area contributed by atoms with Crippen LogP contribution < -0.4 is 5.32 Å². The fraction of sp³-hybridized carbons (Fsp3) is 0.438. The highest BCUT2D eigenvalue weighted by atomic mass is 16.2. The number of nitrogens with zero attached hydrogens (tertiary/aromatic N) is 1. The Morgan fingerprint density at radius 1 is 1.29 bits per heavy atom. The van der Waals surface area contributed by atoms with Crippen molar-refractivity contribution in [2.75, 3.05) is 13.1 Å². The van der Waals surface area contributed by atoms with Crippen LogP contribution >= 0.6 is 0 Å². The third kappa shape index (κ3) is 3.36. The lowest BCUT2D eigenvalue weighted by Gasteiger charge is -2.32. The molecule has 0 bridgehead atoms. The van der Waals surface area contributed by atoms with Crippen LogP contribution in [0.25, 0.3) is 0 Å². The van der Waals surface area contributed by atoms with Crippen molar-refractivity contribution in [3.05, 3.63) is 34.9 Å². The molecule has 2 rings (SSSR count). The van der Waals surface area contributed by atoms with Crippen molar-refractivity contribution in [1.82, 2.24) is 10.2 Å². The van der Waals surface area contributed by atoms with Crippen molar-refractivity contribution in [1.29, 1.82) is 0 Å². The van der Waals surface area contributed by atoms with Gasteiger partial charge in [0.2, 0.25) is 11.8 Å². The number of Topliss-reactive ketones (excluding diaryl/α,β-unsaturated/α-hetero) is 1. The summed E-state index contributed by atoms with van der Waals surface area (Å²) in [5.74, 6) is -0.738. The van der Waals surface area contributed by atoms with Crippen molar-refractivity contribution in [3.63, 3.8) is 0 Å². The Hall–Kier alpha value is -2.01. The summed E-state index contributed by atoms with van der Waals surface area (Å²) >= 11 is 0. The van der Waals surface area contributed by atoms with E-state index < -0.39 is 6.04 Å². The van der Waals surface area contributed by atoms with Gasteiger partial charge in [-0.25, -0.2) is 0 Å². The molecule has 21 heavy (non-hydrogen) atoms. The number of benzene rings is 1. The van der Waals surface area contributed by atoms with Crippen LogP contribution in [0.4, 0.5) is 0 Å². The number of aryl methyl sites for hydroxylation is 2. The second kappa shape index (κ2) is 6.18. The molecule has 1 aliphatic heterocycles. The highest BCUT2D eigenvalue weighted by Crippen LogP contribution is 2.14. The second-order valence-electron chi connectivity index (χ2n) is 5.46. The van der Waals surface area contributed by atoms with Gasteiger partial charge < -0.3 is 0 Å². The molecular formula is C16H20N2O3. The first-order valence-corrected chi connectivity index (χ1v) is 7.10. The van der Waals surface area contributed by atoms with Crippen molar-refractivity contribution in [3.8, 4) is 0 Å². The van der Waals surface area contributed by atoms with Crippen LogP contribution in [0.1, 0.15) is 34.8 Å². The number of amides is 2. The fourth-order valence-corrected chi connectivity index (χ4v) is 2.52. The first-order chi connectivity index (χ1) is 9.92. The number of hydrogen-bond donors (Lipinski definition) is 1. The number of rotatable bonds is 4. The van der Waals surface area contributed by atoms with Gasteiger partial charge in [-0.2, -0.15) is 0 Å². The van der Waals surface area contributed by atoms with E-state index in [9.17, 15) is 14.4 Å². The van der Waals surface area contributed by atoms with Gasteiger partial charge in [0, 0.05) is 5.56 Å². The van der Waals surface area contributed by atoms with Crippen LogP contribution in [0.3, 0.4) is 0 Å².